The van der Waals surface area contributed by atoms with Crippen molar-refractivity contribution >= 4 is 23.5 Å². The topological polar surface area (TPSA) is 114 Å². The van der Waals surface area contributed by atoms with Gasteiger partial charge in [0.15, 0.2) is 17.7 Å². The van der Waals surface area contributed by atoms with E-state index in [1.54, 1.807) is 12.1 Å². The van der Waals surface area contributed by atoms with E-state index in [0.717, 1.165) is 5.56 Å². The second-order valence-electron chi connectivity index (χ2n) is 14.4. The Bertz CT molecular complexity index is 1360. The van der Waals surface area contributed by atoms with Gasteiger partial charge in [0, 0.05) is 62.5 Å². The van der Waals surface area contributed by atoms with Crippen molar-refractivity contribution in [2.24, 2.45) is 22.7 Å². The highest BCUT2D eigenvalue weighted by atomic mass is 16.7. The van der Waals surface area contributed by atoms with E-state index in [2.05, 4.69) is 27.7 Å². The lowest BCUT2D eigenvalue weighted by molar-refractivity contribution is -0.253. The minimum atomic E-state index is -0.937. The molecule has 5 rings (SSSR count). The monoisotopic (exact) mass is 608 g/mol. The van der Waals surface area contributed by atoms with Crippen LogP contribution in [0.5, 0.6) is 5.75 Å². The molecule has 9 nitrogen and oxygen atoms in total. The molecule has 0 saturated carbocycles. The fourth-order valence-corrected chi connectivity index (χ4v) is 6.98. The number of rotatable bonds is 6. The molecule has 2 unspecified atom stereocenters. The van der Waals surface area contributed by atoms with Gasteiger partial charge in [-0.15, -0.1) is 0 Å². The zero-order valence-corrected chi connectivity index (χ0v) is 27.0. The van der Waals surface area contributed by atoms with Crippen LogP contribution in [0.15, 0.2) is 46.9 Å². The van der Waals surface area contributed by atoms with Crippen LogP contribution < -0.4 is 4.74 Å². The Morgan fingerprint density at radius 3 is 1.86 bits per heavy atom. The maximum Gasteiger partial charge on any atom is 0.303 e. The third-order valence-electron chi connectivity index (χ3n) is 9.31. The fourth-order valence-electron chi connectivity index (χ4n) is 6.98. The number of ether oxygens (including phenoxy) is 5. The Morgan fingerprint density at radius 2 is 1.36 bits per heavy atom. The molecule has 0 aromatic heterocycles. The van der Waals surface area contributed by atoms with Crippen LogP contribution in [0.1, 0.15) is 92.6 Å². The quantitative estimate of drug-likeness (QED) is 0.361. The average Bonchev–Trinajstić information content (AvgIpc) is 2.89. The van der Waals surface area contributed by atoms with Crippen molar-refractivity contribution < 1.29 is 42.9 Å². The van der Waals surface area contributed by atoms with Crippen LogP contribution in [-0.4, -0.2) is 48.6 Å². The number of hydrogen-bond acceptors (Lipinski definition) is 9. The van der Waals surface area contributed by atoms with Gasteiger partial charge in [0.1, 0.15) is 23.9 Å². The first-order chi connectivity index (χ1) is 20.5. The van der Waals surface area contributed by atoms with Crippen LogP contribution >= 0.6 is 0 Å². The highest BCUT2D eigenvalue weighted by Gasteiger charge is 2.48. The molecule has 0 radical (unpaired) electrons. The molecule has 1 fully saturated rings. The average molecular weight is 609 g/mol. The molecule has 0 amide bonds. The van der Waals surface area contributed by atoms with Gasteiger partial charge in [-0.3, -0.25) is 19.2 Å². The molecule has 2 heterocycles. The number of Topliss-reactive ketones (excluding diaryl/α,β-unsaturated/α-hetero) is 2. The summed E-state index contributed by atoms with van der Waals surface area (Å²) in [7, 11) is 0. The van der Waals surface area contributed by atoms with Gasteiger partial charge in [0.25, 0.3) is 0 Å². The van der Waals surface area contributed by atoms with Gasteiger partial charge in [-0.05, 0) is 34.4 Å². The summed E-state index contributed by atoms with van der Waals surface area (Å²) in [4.78, 5) is 50.6. The molecule has 0 N–H and O–H groups in total. The van der Waals surface area contributed by atoms with Crippen molar-refractivity contribution in [3.63, 3.8) is 0 Å². The largest absolute Gasteiger partial charge is 0.465 e. The first-order valence-corrected chi connectivity index (χ1v) is 15.5. The van der Waals surface area contributed by atoms with Crippen molar-refractivity contribution in [1.82, 2.24) is 0 Å². The van der Waals surface area contributed by atoms with E-state index < -0.39 is 36.4 Å². The molecule has 5 atom stereocenters. The standard InChI is InChI=1S/C35H44O9/c1-18-19(2)32(41-21(4)37)33(44-28(18)17-40-20(3)36)42-23-11-9-22(10-12-23)29-30-24(38)13-34(5,6)15-26(30)43-27-16-35(7,8)14-25(39)31(27)29/h9-12,18-19,28-29,32-33H,13-17H2,1-8H3/t18-,19-,28?,32?,33+/m0/s1. The summed E-state index contributed by atoms with van der Waals surface area (Å²) >= 11 is 0. The van der Waals surface area contributed by atoms with Crippen molar-refractivity contribution in [2.75, 3.05) is 6.61 Å². The third kappa shape index (κ3) is 6.48. The van der Waals surface area contributed by atoms with Crippen LogP contribution in [0.25, 0.3) is 0 Å². The number of allylic oxidation sites excluding steroid dienone is 4. The Labute approximate surface area is 259 Å². The van der Waals surface area contributed by atoms with Crippen LogP contribution in [-0.2, 0) is 38.1 Å². The number of carbonyl (C=O) groups is 4. The van der Waals surface area contributed by atoms with E-state index in [4.69, 9.17) is 23.7 Å². The molecule has 1 saturated heterocycles. The minimum Gasteiger partial charge on any atom is -0.465 e. The molecule has 2 aliphatic heterocycles. The zero-order chi connectivity index (χ0) is 32.1. The lowest BCUT2D eigenvalue weighted by Gasteiger charge is -2.43. The number of esters is 2. The van der Waals surface area contributed by atoms with Gasteiger partial charge in [0.05, 0.1) is 6.10 Å². The van der Waals surface area contributed by atoms with E-state index in [-0.39, 0.29) is 40.8 Å². The van der Waals surface area contributed by atoms with Gasteiger partial charge >= 0.3 is 11.9 Å². The van der Waals surface area contributed by atoms with E-state index in [9.17, 15) is 19.2 Å². The van der Waals surface area contributed by atoms with Crippen LogP contribution in [0.4, 0.5) is 0 Å². The molecule has 0 bridgehead atoms. The van der Waals surface area contributed by atoms with Gasteiger partial charge in [0.2, 0.25) is 6.29 Å². The molecule has 1 aromatic carbocycles. The van der Waals surface area contributed by atoms with Crippen molar-refractivity contribution in [3.05, 3.63) is 52.5 Å². The summed E-state index contributed by atoms with van der Waals surface area (Å²) in [5.41, 5.74) is 1.49. The molecule has 44 heavy (non-hydrogen) atoms. The molecule has 9 heteroatoms. The highest BCUT2D eigenvalue weighted by Crippen LogP contribution is 2.53. The molecular weight excluding hydrogens is 564 g/mol. The van der Waals surface area contributed by atoms with Gasteiger partial charge in [-0.25, -0.2) is 0 Å². The third-order valence-corrected chi connectivity index (χ3v) is 9.31. The second kappa shape index (κ2) is 11.8. The van der Waals surface area contributed by atoms with E-state index in [0.29, 0.717) is 54.1 Å². The Kier molecular flexibility index (Phi) is 8.57. The van der Waals surface area contributed by atoms with Crippen LogP contribution in [0.3, 0.4) is 0 Å². The zero-order valence-electron chi connectivity index (χ0n) is 27.0. The summed E-state index contributed by atoms with van der Waals surface area (Å²) in [6, 6.07) is 7.29. The number of hydrogen-bond donors (Lipinski definition) is 0. The smallest absolute Gasteiger partial charge is 0.303 e. The Morgan fingerprint density at radius 1 is 0.818 bits per heavy atom. The summed E-state index contributed by atoms with van der Waals surface area (Å²) < 4.78 is 29.7. The van der Waals surface area contributed by atoms with E-state index in [1.165, 1.54) is 13.8 Å². The van der Waals surface area contributed by atoms with Crippen LogP contribution in [0.2, 0.25) is 0 Å². The summed E-state index contributed by atoms with van der Waals surface area (Å²) in [6.45, 7) is 14.9. The Balaban J connectivity index is 1.46. The first-order valence-electron chi connectivity index (χ1n) is 15.5. The minimum absolute atomic E-state index is 0.00696. The van der Waals surface area contributed by atoms with Crippen molar-refractivity contribution in [1.29, 1.82) is 0 Å². The van der Waals surface area contributed by atoms with Crippen molar-refractivity contribution in [3.8, 4) is 5.75 Å². The van der Waals surface area contributed by atoms with Crippen LogP contribution in [0, 0.1) is 22.7 Å². The lowest BCUT2D eigenvalue weighted by Crippen LogP contribution is -2.54. The SMILES string of the molecule is CC(=O)OCC1O[C@@H](Oc2ccc(C3C4=C(CC(C)(C)CC4=O)OC4=C3C(=O)CC(C)(C)C4)cc2)C(OC(C)=O)[C@@H](C)[C@@H]1C. The number of carbonyl (C=O) groups excluding carboxylic acids is 4. The van der Waals surface area contributed by atoms with Gasteiger partial charge in [-0.1, -0.05) is 53.7 Å². The molecule has 238 valence electrons. The Hall–Kier alpha value is -3.46. The maximum atomic E-state index is 13.6. The summed E-state index contributed by atoms with van der Waals surface area (Å²) in [5.74, 6) is 0.233. The predicted molar refractivity (Wildman–Crippen MR) is 160 cm³/mol. The number of benzene rings is 1. The second-order valence-corrected chi connectivity index (χ2v) is 14.4. The predicted octanol–water partition coefficient (Wildman–Crippen LogP) is 5.96. The van der Waals surface area contributed by atoms with Gasteiger partial charge in [-0.2, -0.15) is 0 Å². The first kappa shape index (κ1) is 31.9. The normalized spacial score (nSPS) is 29.8. The van der Waals surface area contributed by atoms with Crippen molar-refractivity contribution in [2.45, 2.75) is 105 Å². The lowest BCUT2D eigenvalue weighted by atomic mass is 9.65. The van der Waals surface area contributed by atoms with E-state index >= 15 is 0 Å². The fraction of sp³-hybridized carbons (Fsp3) is 0.600. The molecule has 4 aliphatic rings. The molecular formula is C35H44O9. The van der Waals surface area contributed by atoms with Gasteiger partial charge < -0.3 is 23.7 Å². The maximum absolute atomic E-state index is 13.6. The summed E-state index contributed by atoms with van der Waals surface area (Å²) in [6.07, 6.45) is -0.0533. The molecule has 0 spiro atoms. The summed E-state index contributed by atoms with van der Waals surface area (Å²) in [5, 5.41) is 0. The molecule has 1 aromatic rings. The number of ketones is 2. The highest BCUT2D eigenvalue weighted by molar-refractivity contribution is 6.06. The molecule has 2 aliphatic carbocycles. The van der Waals surface area contributed by atoms with E-state index in [1.807, 2.05) is 26.0 Å².